The van der Waals surface area contributed by atoms with Gasteiger partial charge in [-0.3, -0.25) is 24.4 Å². The number of ketones is 1. The highest BCUT2D eigenvalue weighted by Gasteiger charge is 2.53. The van der Waals surface area contributed by atoms with Gasteiger partial charge in [0.15, 0.2) is 12.1 Å². The fraction of sp³-hybridized carbons (Fsp3) is 0.750. The molecule has 0 saturated carbocycles. The van der Waals surface area contributed by atoms with Crippen molar-refractivity contribution in [2.75, 3.05) is 27.3 Å². The molecule has 3 aliphatic heterocycles. The summed E-state index contributed by atoms with van der Waals surface area (Å²) in [7, 11) is 3.75. The number of esters is 1. The van der Waals surface area contributed by atoms with E-state index in [1.165, 1.54) is 13.8 Å². The molecule has 0 radical (unpaired) electrons. The number of pyridine rings is 1. The summed E-state index contributed by atoms with van der Waals surface area (Å²) in [6.07, 6.45) is -1.39. The fourth-order valence-electron chi connectivity index (χ4n) is 8.34. The number of rotatable bonds is 6. The summed E-state index contributed by atoms with van der Waals surface area (Å²) in [6, 6.07) is 3.43. The maximum Gasteiger partial charge on any atom is 0.316 e. The number of likely N-dealkylation sites (N-methyl/N-ethyl adjacent to an activating group) is 1. The Labute approximate surface area is 320 Å². The lowest BCUT2D eigenvalue weighted by Crippen LogP contribution is -2.60. The van der Waals surface area contributed by atoms with Crippen LogP contribution in [0.3, 0.4) is 0 Å². The zero-order valence-electron chi connectivity index (χ0n) is 33.9. The standard InChI is InChI=1S/C40H62N4O10/c1-12-31-40(9,49)36-24(4)32(43-27(7)45)22(2)17-39(8,51-21-29(20-50-36)42-19-28-14-13-15-41-18-28)35(25(5)33(46)26(6)37(48)53-31)54-38-34(47)30(44(10)11)16-23(3)52-38/h13-15,18,22-26,30-31,34-36,38,47,49H,12,16-17,19-21H2,1-11H3/t22-,23-,24+,25+,26-,30+,31-,34-,35-,36?,38+,39-,40-/m1/s1. The lowest BCUT2D eigenvalue weighted by atomic mass is 9.73. The largest absolute Gasteiger partial charge is 0.459 e. The van der Waals surface area contributed by atoms with Gasteiger partial charge < -0.3 is 38.8 Å². The summed E-state index contributed by atoms with van der Waals surface area (Å²) in [4.78, 5) is 56.5. The van der Waals surface area contributed by atoms with E-state index < -0.39 is 83.2 Å². The first-order valence-corrected chi connectivity index (χ1v) is 19.2. The highest BCUT2D eigenvalue weighted by Crippen LogP contribution is 2.40. The number of nitrogens with zero attached hydrogens (tertiary/aromatic N) is 4. The maximum atomic E-state index is 14.4. The van der Waals surface area contributed by atoms with Gasteiger partial charge in [-0.05, 0) is 78.6 Å². The van der Waals surface area contributed by atoms with E-state index in [4.69, 9.17) is 28.7 Å². The minimum absolute atomic E-state index is 0.0559. The van der Waals surface area contributed by atoms with Crippen LogP contribution >= 0.6 is 0 Å². The number of carbonyl (C=O) groups excluding carboxylic acids is 3. The number of aromatic nitrogens is 1. The van der Waals surface area contributed by atoms with Gasteiger partial charge in [-0.2, -0.15) is 0 Å². The Morgan fingerprint density at radius 1 is 1.11 bits per heavy atom. The van der Waals surface area contributed by atoms with E-state index in [2.05, 4.69) is 9.98 Å². The Morgan fingerprint density at radius 3 is 2.43 bits per heavy atom. The third-order valence-electron chi connectivity index (χ3n) is 11.3. The number of hydrogen-bond acceptors (Lipinski definition) is 13. The molecule has 2 N–H and O–H groups in total. The van der Waals surface area contributed by atoms with Gasteiger partial charge in [0.05, 0.1) is 49.4 Å². The average Bonchev–Trinajstić information content (AvgIpc) is 3.13. The van der Waals surface area contributed by atoms with Gasteiger partial charge in [0.2, 0.25) is 5.91 Å². The Bertz CT molecular complexity index is 1520. The highest BCUT2D eigenvalue weighted by atomic mass is 16.7. The van der Waals surface area contributed by atoms with Gasteiger partial charge in [-0.25, -0.2) is 4.99 Å². The molecular weight excluding hydrogens is 696 g/mol. The summed E-state index contributed by atoms with van der Waals surface area (Å²) in [5.41, 5.74) is -1.33. The Hall–Kier alpha value is -2.98. The number of cyclic esters (lactones) is 1. The van der Waals surface area contributed by atoms with Crippen molar-refractivity contribution in [2.45, 2.75) is 142 Å². The van der Waals surface area contributed by atoms with Crippen LogP contribution < -0.4 is 0 Å². The third kappa shape index (κ3) is 10.1. The SMILES string of the molecule is CC[C@H]1OC(=O)[C@H](C)C(=O)[C@H](C)[C@@H](O[C@@H]2O[C@H](C)C[C@H](N(C)C)[C@H]2O)[C@@]2(C)C[C@@H](C)C(=NC(C)=O)[C@H](C)C(OCC(=NCc3cccnc3)CO2)[C@]1(C)O. The molecule has 14 nitrogen and oxygen atoms in total. The number of ether oxygens (including phenoxy) is 5. The Morgan fingerprint density at radius 2 is 1.81 bits per heavy atom. The van der Waals surface area contributed by atoms with Gasteiger partial charge in [0, 0.05) is 42.9 Å². The molecule has 3 saturated heterocycles. The van der Waals surface area contributed by atoms with Crippen LogP contribution in [0.1, 0.15) is 87.1 Å². The van der Waals surface area contributed by atoms with Crippen molar-refractivity contribution in [3.8, 4) is 0 Å². The van der Waals surface area contributed by atoms with Gasteiger partial charge in [0.25, 0.3) is 0 Å². The number of aliphatic imine (C=N–C) groups is 2. The van der Waals surface area contributed by atoms with Crippen molar-refractivity contribution in [2.24, 2.45) is 33.7 Å². The van der Waals surface area contributed by atoms with Crippen LogP contribution in [0.15, 0.2) is 34.5 Å². The monoisotopic (exact) mass is 758 g/mol. The summed E-state index contributed by atoms with van der Waals surface area (Å²) >= 11 is 0. The zero-order valence-corrected chi connectivity index (χ0v) is 33.9. The predicted molar refractivity (Wildman–Crippen MR) is 202 cm³/mol. The normalized spacial score (nSPS) is 40.5. The first kappa shape index (κ1) is 43.7. The molecule has 0 spiro atoms. The van der Waals surface area contributed by atoms with E-state index in [-0.39, 0.29) is 44.7 Å². The van der Waals surface area contributed by atoms with E-state index in [0.717, 1.165) is 5.56 Å². The van der Waals surface area contributed by atoms with E-state index in [1.54, 1.807) is 33.2 Å². The van der Waals surface area contributed by atoms with Crippen LogP contribution in [0.25, 0.3) is 0 Å². The van der Waals surface area contributed by atoms with Gasteiger partial charge >= 0.3 is 5.97 Å². The summed E-state index contributed by atoms with van der Waals surface area (Å²) in [5, 5.41) is 24.0. The Kier molecular flexibility index (Phi) is 14.8. The summed E-state index contributed by atoms with van der Waals surface area (Å²) < 4.78 is 32.5. The number of Topliss-reactive ketones (excluding diaryl/α,β-unsaturated/α-hetero) is 1. The highest BCUT2D eigenvalue weighted by molar-refractivity contribution is 6.00. The molecule has 4 rings (SSSR count). The molecule has 1 aromatic rings. The second-order valence-electron chi connectivity index (χ2n) is 16.1. The molecule has 302 valence electrons. The van der Waals surface area contributed by atoms with Crippen molar-refractivity contribution in [3.05, 3.63) is 30.1 Å². The predicted octanol–water partition coefficient (Wildman–Crippen LogP) is 3.59. The molecule has 3 aliphatic rings. The minimum atomic E-state index is -1.80. The molecule has 2 bridgehead atoms. The second-order valence-corrected chi connectivity index (χ2v) is 16.1. The topological polar surface area (TPSA) is 179 Å². The van der Waals surface area contributed by atoms with E-state index in [0.29, 0.717) is 17.8 Å². The molecule has 13 atom stereocenters. The van der Waals surface area contributed by atoms with E-state index in [9.17, 15) is 24.6 Å². The van der Waals surface area contributed by atoms with Crippen LogP contribution in [0.4, 0.5) is 0 Å². The number of aliphatic hydroxyl groups excluding tert-OH is 1. The maximum absolute atomic E-state index is 14.4. The second kappa shape index (κ2) is 18.3. The van der Waals surface area contributed by atoms with Crippen LogP contribution in [-0.4, -0.2) is 131 Å². The van der Waals surface area contributed by atoms with E-state index >= 15 is 0 Å². The lowest BCUT2D eigenvalue weighted by Gasteiger charge is -2.47. The fourth-order valence-corrected chi connectivity index (χ4v) is 8.34. The smallest absolute Gasteiger partial charge is 0.316 e. The van der Waals surface area contributed by atoms with Crippen LogP contribution in [-0.2, 0) is 44.6 Å². The molecule has 54 heavy (non-hydrogen) atoms. The number of fused-ring (bicyclic) bond motifs is 5. The molecular formula is C40H62N4O10. The van der Waals surface area contributed by atoms with Crippen molar-refractivity contribution in [1.29, 1.82) is 0 Å². The van der Waals surface area contributed by atoms with Crippen molar-refractivity contribution >= 4 is 29.1 Å². The molecule has 1 aromatic heterocycles. The first-order valence-electron chi connectivity index (χ1n) is 19.2. The van der Waals surface area contributed by atoms with Crippen molar-refractivity contribution in [1.82, 2.24) is 9.88 Å². The molecule has 0 aromatic carbocycles. The quantitative estimate of drug-likeness (QED) is 0.319. The zero-order chi connectivity index (χ0) is 40.1. The number of hydrogen-bond donors (Lipinski definition) is 2. The van der Waals surface area contributed by atoms with Crippen LogP contribution in [0.5, 0.6) is 0 Å². The molecule has 0 aliphatic carbocycles. The molecule has 1 amide bonds. The minimum Gasteiger partial charge on any atom is -0.459 e. The molecule has 3 fully saturated rings. The van der Waals surface area contributed by atoms with Crippen molar-refractivity contribution < 1.29 is 48.3 Å². The average molecular weight is 759 g/mol. The third-order valence-corrected chi connectivity index (χ3v) is 11.3. The Balaban J connectivity index is 1.97. The number of amides is 1. The summed E-state index contributed by atoms with van der Waals surface area (Å²) in [5.74, 6) is -5.09. The van der Waals surface area contributed by atoms with Gasteiger partial charge in [0.1, 0.15) is 23.7 Å². The number of aliphatic hydroxyl groups is 2. The summed E-state index contributed by atoms with van der Waals surface area (Å²) in [6.45, 7) is 15.4. The lowest BCUT2D eigenvalue weighted by molar-refractivity contribution is -0.296. The number of carbonyl (C=O) groups is 3. The van der Waals surface area contributed by atoms with Crippen molar-refractivity contribution in [3.63, 3.8) is 0 Å². The molecule has 4 heterocycles. The van der Waals surface area contributed by atoms with Crippen LogP contribution in [0.2, 0.25) is 0 Å². The van der Waals surface area contributed by atoms with Crippen LogP contribution in [0, 0.1) is 23.7 Å². The van der Waals surface area contributed by atoms with Gasteiger partial charge in [-0.1, -0.05) is 33.8 Å². The first-order chi connectivity index (χ1) is 25.3. The molecule has 14 heteroatoms. The molecule has 1 unspecified atom stereocenters. The van der Waals surface area contributed by atoms with Gasteiger partial charge in [-0.15, -0.1) is 0 Å². The van der Waals surface area contributed by atoms with E-state index in [1.807, 2.05) is 58.8 Å².